The van der Waals surface area contributed by atoms with Crippen LogP contribution >= 0.6 is 7.82 Å². The van der Waals surface area contributed by atoms with Crippen LogP contribution in [-0.4, -0.2) is 22.5 Å². The van der Waals surface area contributed by atoms with Crippen LogP contribution in [0.2, 0.25) is 0 Å². The van der Waals surface area contributed by atoms with Crippen LogP contribution in [0, 0.1) is 0 Å². The van der Waals surface area contributed by atoms with Gasteiger partial charge in [-0.3, -0.25) is 4.79 Å². The van der Waals surface area contributed by atoms with E-state index in [0.717, 1.165) is 0 Å². The molecule has 0 spiro atoms. The highest BCUT2D eigenvalue weighted by Gasteiger charge is 2.13. The molecule has 1 amide bonds. The minimum atomic E-state index is -4.51. The number of benzene rings is 1. The summed E-state index contributed by atoms with van der Waals surface area (Å²) in [5.74, 6) is 0.177. The lowest BCUT2D eigenvalue weighted by molar-refractivity contribution is -0.114. The molecule has 1 aromatic rings. The van der Waals surface area contributed by atoms with E-state index in [9.17, 15) is 9.36 Å². The Hall–Kier alpha value is -1.40. The van der Waals surface area contributed by atoms with E-state index in [0.29, 0.717) is 11.4 Å². The summed E-state index contributed by atoms with van der Waals surface area (Å²) < 4.78 is 19.4. The average molecular weight is 261 g/mol. The molecule has 0 aliphatic heterocycles. The fourth-order valence-corrected chi connectivity index (χ4v) is 1.19. The highest BCUT2D eigenvalue weighted by molar-refractivity contribution is 7.46. The van der Waals surface area contributed by atoms with E-state index in [1.165, 1.54) is 19.1 Å². The third-order valence-electron chi connectivity index (χ3n) is 1.62. The zero-order chi connectivity index (χ0) is 12.9. The fourth-order valence-electron chi connectivity index (χ4n) is 1.00. The number of amides is 1. The number of anilines is 1. The third-order valence-corrected chi connectivity index (χ3v) is 2.06. The Balaban J connectivity index is 2.46. The lowest BCUT2D eigenvalue weighted by Crippen LogP contribution is -2.05. The van der Waals surface area contributed by atoms with Crippen molar-refractivity contribution < 1.29 is 28.4 Å². The van der Waals surface area contributed by atoms with Gasteiger partial charge < -0.3 is 19.8 Å². The summed E-state index contributed by atoms with van der Waals surface area (Å²) in [5.41, 5.74) is 0.598. The average Bonchev–Trinajstić information content (AvgIpc) is 2.18. The summed E-state index contributed by atoms with van der Waals surface area (Å²) in [6, 6.07) is 6.26. The van der Waals surface area contributed by atoms with Crippen molar-refractivity contribution in [2.75, 3.05) is 12.1 Å². The van der Waals surface area contributed by atoms with Crippen molar-refractivity contribution in [2.24, 2.45) is 0 Å². The largest absolute Gasteiger partial charge is 0.472 e. The number of rotatable bonds is 5. The Bertz CT molecular complexity index is 426. The van der Waals surface area contributed by atoms with Crippen LogP contribution in [0.3, 0.4) is 0 Å². The molecule has 0 bridgehead atoms. The van der Waals surface area contributed by atoms with Gasteiger partial charge >= 0.3 is 7.82 Å². The number of hydrogen-bond acceptors (Lipinski definition) is 4. The van der Waals surface area contributed by atoms with Crippen LogP contribution in [0.1, 0.15) is 6.92 Å². The van der Waals surface area contributed by atoms with Crippen molar-refractivity contribution in [1.82, 2.24) is 0 Å². The van der Waals surface area contributed by atoms with Crippen molar-refractivity contribution in [1.29, 1.82) is 0 Å². The number of hydrogen-bond donors (Lipinski definition) is 3. The number of nitrogens with one attached hydrogen (secondary N) is 1. The van der Waals surface area contributed by atoms with E-state index in [-0.39, 0.29) is 5.91 Å². The summed E-state index contributed by atoms with van der Waals surface area (Å²) >= 11 is 0. The second-order valence-corrected chi connectivity index (χ2v) is 4.33. The number of carbonyl (C=O) groups excluding carboxylic acids is 1. The van der Waals surface area contributed by atoms with Crippen LogP contribution in [0.5, 0.6) is 5.75 Å². The molecule has 1 aromatic carbocycles. The fraction of sp³-hybridized carbons (Fsp3) is 0.222. The van der Waals surface area contributed by atoms with E-state index in [1.54, 1.807) is 12.1 Å². The van der Waals surface area contributed by atoms with Gasteiger partial charge in [-0.1, -0.05) is 0 Å². The van der Waals surface area contributed by atoms with Crippen LogP contribution < -0.4 is 10.1 Å². The minimum Gasteiger partial charge on any atom is -0.467 e. The molecular weight excluding hydrogens is 249 g/mol. The highest BCUT2D eigenvalue weighted by atomic mass is 31.2. The first-order valence-electron chi connectivity index (χ1n) is 4.57. The maximum Gasteiger partial charge on any atom is 0.472 e. The predicted octanol–water partition coefficient (Wildman–Crippen LogP) is 1.09. The first-order chi connectivity index (χ1) is 7.87. The molecule has 0 aliphatic rings. The van der Waals surface area contributed by atoms with Crippen molar-refractivity contribution in [3.05, 3.63) is 24.3 Å². The topological polar surface area (TPSA) is 105 Å². The summed E-state index contributed by atoms with van der Waals surface area (Å²) in [7, 11) is -4.51. The van der Waals surface area contributed by atoms with Crippen molar-refractivity contribution in [2.45, 2.75) is 6.92 Å². The van der Waals surface area contributed by atoms with Crippen LogP contribution in [0.15, 0.2) is 24.3 Å². The molecule has 8 heteroatoms. The molecule has 0 saturated carbocycles. The van der Waals surface area contributed by atoms with E-state index < -0.39 is 14.6 Å². The number of phosphoric acid groups is 1. The molecular formula is C9H12NO6P. The van der Waals surface area contributed by atoms with Gasteiger partial charge in [-0.05, 0) is 24.3 Å². The molecule has 0 fully saturated rings. The zero-order valence-corrected chi connectivity index (χ0v) is 9.89. The summed E-state index contributed by atoms with van der Waals surface area (Å²) in [6.07, 6.45) is 0. The van der Waals surface area contributed by atoms with Gasteiger partial charge in [0.15, 0.2) is 6.79 Å². The van der Waals surface area contributed by atoms with Gasteiger partial charge in [-0.15, -0.1) is 0 Å². The molecule has 3 N–H and O–H groups in total. The summed E-state index contributed by atoms with van der Waals surface area (Å²) in [6.45, 7) is 0.835. The molecule has 0 aliphatic carbocycles. The summed E-state index contributed by atoms with van der Waals surface area (Å²) in [5, 5.41) is 2.56. The Labute approximate surface area is 97.6 Å². The third kappa shape index (κ3) is 6.03. The van der Waals surface area contributed by atoms with E-state index in [2.05, 4.69) is 9.84 Å². The number of phosphoric ester groups is 1. The molecule has 94 valence electrons. The van der Waals surface area contributed by atoms with Gasteiger partial charge in [0.05, 0.1) is 0 Å². The maximum atomic E-state index is 10.7. The van der Waals surface area contributed by atoms with Gasteiger partial charge in [0.25, 0.3) is 0 Å². The molecule has 0 radical (unpaired) electrons. The second kappa shape index (κ2) is 5.79. The van der Waals surface area contributed by atoms with E-state index in [1.807, 2.05) is 0 Å². The molecule has 0 unspecified atom stereocenters. The molecule has 0 heterocycles. The number of carbonyl (C=O) groups is 1. The molecule has 0 atom stereocenters. The first-order valence-corrected chi connectivity index (χ1v) is 6.10. The minimum absolute atomic E-state index is 0.191. The van der Waals surface area contributed by atoms with Gasteiger partial charge in [-0.25, -0.2) is 9.09 Å². The zero-order valence-electron chi connectivity index (χ0n) is 8.99. The van der Waals surface area contributed by atoms with Gasteiger partial charge in [0.1, 0.15) is 5.75 Å². The smallest absolute Gasteiger partial charge is 0.467 e. The summed E-state index contributed by atoms with van der Waals surface area (Å²) in [4.78, 5) is 27.5. The molecule has 7 nitrogen and oxygen atoms in total. The monoisotopic (exact) mass is 261 g/mol. The Morgan fingerprint density at radius 3 is 2.41 bits per heavy atom. The highest BCUT2D eigenvalue weighted by Crippen LogP contribution is 2.35. The van der Waals surface area contributed by atoms with Crippen molar-refractivity contribution in [3.8, 4) is 5.75 Å². The van der Waals surface area contributed by atoms with E-state index >= 15 is 0 Å². The molecule has 0 saturated heterocycles. The Morgan fingerprint density at radius 2 is 1.94 bits per heavy atom. The Morgan fingerprint density at radius 1 is 1.35 bits per heavy atom. The number of ether oxygens (including phenoxy) is 1. The maximum absolute atomic E-state index is 10.7. The van der Waals surface area contributed by atoms with Crippen molar-refractivity contribution >= 4 is 19.4 Å². The normalized spacial score (nSPS) is 11.0. The van der Waals surface area contributed by atoms with Crippen molar-refractivity contribution in [3.63, 3.8) is 0 Å². The lowest BCUT2D eigenvalue weighted by atomic mass is 10.3. The lowest BCUT2D eigenvalue weighted by Gasteiger charge is -2.08. The predicted molar refractivity (Wildman–Crippen MR) is 59.4 cm³/mol. The quantitative estimate of drug-likeness (QED) is 0.541. The molecule has 17 heavy (non-hydrogen) atoms. The van der Waals surface area contributed by atoms with Crippen LogP contribution in [0.25, 0.3) is 0 Å². The molecule has 0 aromatic heterocycles. The molecule has 1 rings (SSSR count). The van der Waals surface area contributed by atoms with Crippen LogP contribution in [-0.2, 0) is 13.9 Å². The van der Waals surface area contributed by atoms with Gasteiger partial charge in [0.2, 0.25) is 5.91 Å². The van der Waals surface area contributed by atoms with E-state index in [4.69, 9.17) is 14.5 Å². The van der Waals surface area contributed by atoms with Crippen LogP contribution in [0.4, 0.5) is 5.69 Å². The Kier molecular flexibility index (Phi) is 4.65. The first kappa shape index (κ1) is 13.7. The standard InChI is InChI=1S/C9H12NO6P/c1-7(11)10-8-2-4-9(5-3-8)15-6-16-17(12,13)14/h2-5H,6H2,1H3,(H,10,11)(H2,12,13,14). The second-order valence-electron chi connectivity index (χ2n) is 3.09. The SMILES string of the molecule is CC(=O)Nc1ccc(OCOP(=O)(O)O)cc1. The van der Waals surface area contributed by atoms with Gasteiger partial charge in [-0.2, -0.15) is 0 Å². The van der Waals surface area contributed by atoms with Gasteiger partial charge in [0, 0.05) is 12.6 Å².